The van der Waals surface area contributed by atoms with E-state index in [0.29, 0.717) is 5.92 Å². The van der Waals surface area contributed by atoms with Crippen molar-refractivity contribution in [2.75, 3.05) is 32.8 Å². The smallest absolute Gasteiger partial charge is 0.191 e. The van der Waals surface area contributed by atoms with E-state index < -0.39 is 0 Å². The number of nitrogens with zero attached hydrogens (tertiary/aromatic N) is 1. The molecule has 0 spiro atoms. The van der Waals surface area contributed by atoms with Gasteiger partial charge in [-0.15, -0.1) is 0 Å². The molecule has 0 bridgehead atoms. The number of furan rings is 1. The van der Waals surface area contributed by atoms with Crippen LogP contribution in [0.3, 0.4) is 0 Å². The molecule has 0 aliphatic carbocycles. The van der Waals surface area contributed by atoms with Crippen LogP contribution >= 0.6 is 0 Å². The van der Waals surface area contributed by atoms with Gasteiger partial charge in [-0.25, -0.2) is 0 Å². The predicted octanol–water partition coefficient (Wildman–Crippen LogP) is 3.25. The van der Waals surface area contributed by atoms with E-state index in [-0.39, 0.29) is 0 Å². The molecule has 1 fully saturated rings. The molecule has 1 aromatic carbocycles. The number of aliphatic imine (C=N–C) groups is 1. The zero-order valence-electron chi connectivity index (χ0n) is 16.5. The first kappa shape index (κ1) is 19.5. The zero-order chi connectivity index (χ0) is 18.9. The molecule has 1 aromatic heterocycles. The lowest BCUT2D eigenvalue weighted by Crippen LogP contribution is -2.39. The second-order valence-electron chi connectivity index (χ2n) is 7.35. The van der Waals surface area contributed by atoms with Gasteiger partial charge in [-0.2, -0.15) is 0 Å². The minimum absolute atomic E-state index is 0.535. The summed E-state index contributed by atoms with van der Waals surface area (Å²) in [5.74, 6) is 2.40. The number of benzene rings is 1. The Bertz CT molecular complexity index is 699. The molecule has 5 heteroatoms. The summed E-state index contributed by atoms with van der Waals surface area (Å²) >= 11 is 0. The number of guanidine groups is 1. The van der Waals surface area contributed by atoms with Crippen molar-refractivity contribution in [3.05, 3.63) is 59.0 Å². The first-order valence-corrected chi connectivity index (χ1v) is 9.88. The maximum absolute atomic E-state index is 5.46. The molecule has 146 valence electrons. The second-order valence-corrected chi connectivity index (χ2v) is 7.35. The zero-order valence-corrected chi connectivity index (χ0v) is 16.5. The van der Waals surface area contributed by atoms with Crippen LogP contribution in [-0.4, -0.2) is 38.8 Å². The van der Waals surface area contributed by atoms with Crippen LogP contribution in [0.25, 0.3) is 0 Å². The van der Waals surface area contributed by atoms with E-state index in [2.05, 4.69) is 42.7 Å². The van der Waals surface area contributed by atoms with Crippen LogP contribution in [0.1, 0.15) is 28.9 Å². The number of aryl methyl sites for hydroxylation is 2. The summed E-state index contributed by atoms with van der Waals surface area (Å²) < 4.78 is 10.9. The highest BCUT2D eigenvalue weighted by Gasteiger charge is 2.15. The molecule has 5 nitrogen and oxygen atoms in total. The maximum atomic E-state index is 5.46. The quantitative estimate of drug-likeness (QED) is 0.554. The first-order chi connectivity index (χ1) is 13.2. The van der Waals surface area contributed by atoms with Crippen molar-refractivity contribution in [3.8, 4) is 0 Å². The maximum Gasteiger partial charge on any atom is 0.191 e. The van der Waals surface area contributed by atoms with Crippen LogP contribution in [0.15, 0.2) is 46.0 Å². The highest BCUT2D eigenvalue weighted by atomic mass is 16.5. The average molecular weight is 370 g/mol. The Balaban J connectivity index is 1.50. The minimum Gasteiger partial charge on any atom is -0.469 e. The van der Waals surface area contributed by atoms with Gasteiger partial charge in [0.05, 0.1) is 12.9 Å². The number of rotatable bonds is 8. The molecular formula is C22H31N3O2. The Hall–Kier alpha value is -2.27. The van der Waals surface area contributed by atoms with Crippen molar-refractivity contribution in [1.82, 2.24) is 10.6 Å². The molecular weight excluding hydrogens is 338 g/mol. The standard InChI is InChI=1S/C22H31N3O2/c1-17-12-18(2)14-19(13-17)5-8-23-22(25-15-20-7-11-26-16-20)24-9-6-21-4-3-10-27-21/h3-4,10,12-14,20H,5-9,11,15-16H2,1-2H3,(H2,23,24,25). The molecule has 2 aromatic rings. The lowest BCUT2D eigenvalue weighted by Gasteiger charge is -2.14. The third-order valence-electron chi connectivity index (χ3n) is 4.76. The molecule has 0 saturated carbocycles. The van der Waals surface area contributed by atoms with Crippen molar-refractivity contribution in [3.63, 3.8) is 0 Å². The van der Waals surface area contributed by atoms with Crippen molar-refractivity contribution in [2.45, 2.75) is 33.1 Å². The number of hydrogen-bond acceptors (Lipinski definition) is 3. The molecule has 3 rings (SSSR count). The molecule has 1 unspecified atom stereocenters. The Morgan fingerprint density at radius 2 is 1.89 bits per heavy atom. The SMILES string of the molecule is Cc1cc(C)cc(CCNC(=NCC2CCOC2)NCCc2ccco2)c1. The minimum atomic E-state index is 0.535. The van der Waals surface area contributed by atoms with Gasteiger partial charge < -0.3 is 19.8 Å². The van der Waals surface area contributed by atoms with Crippen molar-refractivity contribution in [1.29, 1.82) is 0 Å². The lowest BCUT2D eigenvalue weighted by atomic mass is 10.1. The van der Waals surface area contributed by atoms with Crippen LogP contribution < -0.4 is 10.6 Å². The summed E-state index contributed by atoms with van der Waals surface area (Å²) in [6.07, 6.45) is 4.64. The van der Waals surface area contributed by atoms with Gasteiger partial charge in [0.2, 0.25) is 0 Å². The Morgan fingerprint density at radius 1 is 1.11 bits per heavy atom. The number of hydrogen-bond donors (Lipinski definition) is 2. The number of nitrogens with one attached hydrogen (secondary N) is 2. The van der Waals surface area contributed by atoms with Gasteiger partial charge in [-0.3, -0.25) is 4.99 Å². The van der Waals surface area contributed by atoms with Gasteiger partial charge in [0.25, 0.3) is 0 Å². The van der Waals surface area contributed by atoms with E-state index in [1.165, 1.54) is 16.7 Å². The van der Waals surface area contributed by atoms with Gasteiger partial charge in [-0.05, 0) is 44.4 Å². The van der Waals surface area contributed by atoms with Gasteiger partial charge in [0.1, 0.15) is 5.76 Å². The van der Waals surface area contributed by atoms with Gasteiger partial charge in [0, 0.05) is 38.6 Å². The van der Waals surface area contributed by atoms with Crippen LogP contribution in [0.4, 0.5) is 0 Å². The second kappa shape index (κ2) is 10.2. The van der Waals surface area contributed by atoms with Gasteiger partial charge >= 0.3 is 0 Å². The summed E-state index contributed by atoms with van der Waals surface area (Å²) in [5, 5.41) is 6.91. The summed E-state index contributed by atoms with van der Waals surface area (Å²) in [6, 6.07) is 10.6. The normalized spacial score (nSPS) is 17.3. The molecule has 2 N–H and O–H groups in total. The molecule has 2 heterocycles. The van der Waals surface area contributed by atoms with E-state index >= 15 is 0 Å². The Morgan fingerprint density at radius 3 is 2.56 bits per heavy atom. The van der Waals surface area contributed by atoms with E-state index in [4.69, 9.17) is 14.1 Å². The van der Waals surface area contributed by atoms with Crippen LogP contribution in [-0.2, 0) is 17.6 Å². The lowest BCUT2D eigenvalue weighted by molar-refractivity contribution is 0.187. The Labute approximate surface area is 162 Å². The summed E-state index contributed by atoms with van der Waals surface area (Å²) in [4.78, 5) is 4.77. The molecule has 1 saturated heterocycles. The number of ether oxygens (including phenoxy) is 1. The van der Waals surface area contributed by atoms with Gasteiger partial charge in [-0.1, -0.05) is 29.3 Å². The van der Waals surface area contributed by atoms with E-state index in [1.807, 2.05) is 12.1 Å². The van der Waals surface area contributed by atoms with Crippen LogP contribution in [0, 0.1) is 19.8 Å². The van der Waals surface area contributed by atoms with Crippen LogP contribution in [0.5, 0.6) is 0 Å². The largest absolute Gasteiger partial charge is 0.469 e. The summed E-state index contributed by atoms with van der Waals surface area (Å²) in [5.41, 5.74) is 3.99. The fourth-order valence-electron chi connectivity index (χ4n) is 3.42. The third-order valence-corrected chi connectivity index (χ3v) is 4.76. The molecule has 0 amide bonds. The fraction of sp³-hybridized carbons (Fsp3) is 0.500. The van der Waals surface area contributed by atoms with Crippen molar-refractivity contribution >= 4 is 5.96 Å². The fourth-order valence-corrected chi connectivity index (χ4v) is 3.42. The molecule has 1 aliphatic heterocycles. The summed E-state index contributed by atoms with van der Waals surface area (Å²) in [7, 11) is 0. The van der Waals surface area contributed by atoms with Crippen molar-refractivity contribution < 1.29 is 9.15 Å². The van der Waals surface area contributed by atoms with E-state index in [0.717, 1.165) is 63.8 Å². The third kappa shape index (κ3) is 6.75. The predicted molar refractivity (Wildman–Crippen MR) is 109 cm³/mol. The average Bonchev–Trinajstić information content (AvgIpc) is 3.32. The Kier molecular flexibility index (Phi) is 7.34. The first-order valence-electron chi connectivity index (χ1n) is 9.88. The molecule has 1 atom stereocenters. The topological polar surface area (TPSA) is 58.8 Å². The molecule has 0 radical (unpaired) electrons. The highest BCUT2D eigenvalue weighted by molar-refractivity contribution is 5.79. The van der Waals surface area contributed by atoms with Gasteiger partial charge in [0.15, 0.2) is 5.96 Å². The van der Waals surface area contributed by atoms with Crippen molar-refractivity contribution in [2.24, 2.45) is 10.9 Å². The summed E-state index contributed by atoms with van der Waals surface area (Å²) in [6.45, 7) is 8.45. The highest BCUT2D eigenvalue weighted by Crippen LogP contribution is 2.12. The monoisotopic (exact) mass is 369 g/mol. The van der Waals surface area contributed by atoms with Crippen LogP contribution in [0.2, 0.25) is 0 Å². The van der Waals surface area contributed by atoms with E-state index in [1.54, 1.807) is 6.26 Å². The van der Waals surface area contributed by atoms with E-state index in [9.17, 15) is 0 Å². The molecule has 27 heavy (non-hydrogen) atoms. The molecule has 1 aliphatic rings.